The Morgan fingerprint density at radius 3 is 2.35 bits per heavy atom. The first-order valence-corrected chi connectivity index (χ1v) is 6.62. The van der Waals surface area contributed by atoms with Gasteiger partial charge in [-0.1, -0.05) is 18.2 Å². The molecule has 118 valence electrons. The molecule has 0 spiro atoms. The molecule has 0 aliphatic rings. The van der Waals surface area contributed by atoms with E-state index < -0.39 is 17.6 Å². The van der Waals surface area contributed by atoms with Crippen LogP contribution in [0, 0.1) is 5.82 Å². The first-order valence-electron chi connectivity index (χ1n) is 6.62. The summed E-state index contributed by atoms with van der Waals surface area (Å²) in [7, 11) is 0. The van der Waals surface area contributed by atoms with Crippen molar-refractivity contribution in [2.45, 2.75) is 12.7 Å². The van der Waals surface area contributed by atoms with Crippen molar-refractivity contribution in [2.24, 2.45) is 0 Å². The van der Waals surface area contributed by atoms with Gasteiger partial charge in [-0.25, -0.2) is 4.39 Å². The molecular formula is C15H10F4N4. The van der Waals surface area contributed by atoms with Crippen LogP contribution in [0.5, 0.6) is 0 Å². The zero-order chi connectivity index (χ0) is 16.4. The van der Waals surface area contributed by atoms with E-state index in [1.165, 1.54) is 42.5 Å². The highest BCUT2D eigenvalue weighted by Gasteiger charge is 2.33. The molecule has 23 heavy (non-hydrogen) atoms. The third kappa shape index (κ3) is 3.36. The number of hydrogen-bond acceptors (Lipinski definition) is 3. The van der Waals surface area contributed by atoms with E-state index >= 15 is 0 Å². The summed E-state index contributed by atoms with van der Waals surface area (Å²) in [5.74, 6) is -0.185. The summed E-state index contributed by atoms with van der Waals surface area (Å²) in [5, 5.41) is 11.6. The Bertz CT molecular complexity index is 809. The van der Waals surface area contributed by atoms with Crippen molar-refractivity contribution in [1.82, 2.24) is 20.2 Å². The minimum absolute atomic E-state index is 0.0445. The highest BCUT2D eigenvalue weighted by Crippen LogP contribution is 2.32. The van der Waals surface area contributed by atoms with E-state index in [-0.39, 0.29) is 17.9 Å². The second-order valence-corrected chi connectivity index (χ2v) is 4.81. The number of hydrogen-bond donors (Lipinski definition) is 0. The maximum atomic E-state index is 13.0. The second-order valence-electron chi connectivity index (χ2n) is 4.81. The Morgan fingerprint density at radius 2 is 1.65 bits per heavy atom. The number of benzene rings is 2. The Balaban J connectivity index is 1.87. The summed E-state index contributed by atoms with van der Waals surface area (Å²) in [6.45, 7) is -0.163. The van der Waals surface area contributed by atoms with Crippen LogP contribution in [-0.2, 0) is 12.7 Å². The van der Waals surface area contributed by atoms with Crippen molar-refractivity contribution in [3.05, 3.63) is 65.5 Å². The highest BCUT2D eigenvalue weighted by atomic mass is 19.4. The zero-order valence-electron chi connectivity index (χ0n) is 11.6. The number of halogens is 4. The van der Waals surface area contributed by atoms with Crippen LogP contribution in [0.1, 0.15) is 11.1 Å². The van der Waals surface area contributed by atoms with E-state index in [4.69, 9.17) is 0 Å². The molecule has 0 N–H and O–H groups in total. The average Bonchev–Trinajstić information content (AvgIpc) is 2.96. The van der Waals surface area contributed by atoms with Crippen molar-refractivity contribution in [3.8, 4) is 11.4 Å². The fourth-order valence-electron chi connectivity index (χ4n) is 2.11. The lowest BCUT2D eigenvalue weighted by Gasteiger charge is -2.11. The average molecular weight is 322 g/mol. The summed E-state index contributed by atoms with van der Waals surface area (Å²) in [4.78, 5) is 1.07. The molecule has 1 heterocycles. The van der Waals surface area contributed by atoms with Crippen molar-refractivity contribution >= 4 is 0 Å². The molecular weight excluding hydrogens is 312 g/mol. The summed E-state index contributed by atoms with van der Waals surface area (Å²) >= 11 is 0. The molecule has 1 aromatic heterocycles. The van der Waals surface area contributed by atoms with E-state index in [9.17, 15) is 17.6 Å². The van der Waals surface area contributed by atoms with Gasteiger partial charge in [-0.3, -0.25) is 0 Å². The Kier molecular flexibility index (Phi) is 3.81. The SMILES string of the molecule is Fc1ccc(-c2nnn(Cc3ccccc3C(F)(F)F)n2)cc1. The van der Waals surface area contributed by atoms with Crippen molar-refractivity contribution in [1.29, 1.82) is 0 Å². The van der Waals surface area contributed by atoms with E-state index in [1.54, 1.807) is 0 Å². The Morgan fingerprint density at radius 1 is 0.957 bits per heavy atom. The van der Waals surface area contributed by atoms with E-state index in [0.717, 1.165) is 10.9 Å². The van der Waals surface area contributed by atoms with Crippen LogP contribution in [0.3, 0.4) is 0 Å². The number of tetrazole rings is 1. The third-order valence-corrected chi connectivity index (χ3v) is 3.19. The van der Waals surface area contributed by atoms with Gasteiger partial charge in [-0.05, 0) is 41.1 Å². The maximum absolute atomic E-state index is 13.0. The van der Waals surface area contributed by atoms with Gasteiger partial charge in [-0.2, -0.15) is 18.0 Å². The van der Waals surface area contributed by atoms with Crippen LogP contribution in [-0.4, -0.2) is 20.2 Å². The molecule has 0 amide bonds. The smallest absolute Gasteiger partial charge is 0.207 e. The van der Waals surface area contributed by atoms with Gasteiger partial charge in [0.05, 0.1) is 12.1 Å². The van der Waals surface area contributed by atoms with Crippen molar-refractivity contribution in [2.75, 3.05) is 0 Å². The summed E-state index contributed by atoms with van der Waals surface area (Å²) < 4.78 is 51.8. The van der Waals surface area contributed by atoms with E-state index in [0.29, 0.717) is 5.56 Å². The molecule has 0 unspecified atom stereocenters. The first-order chi connectivity index (χ1) is 10.9. The molecule has 0 bridgehead atoms. The van der Waals surface area contributed by atoms with E-state index in [1.807, 2.05) is 0 Å². The molecule has 8 heteroatoms. The van der Waals surface area contributed by atoms with Crippen LogP contribution in [0.25, 0.3) is 11.4 Å². The lowest BCUT2D eigenvalue weighted by Crippen LogP contribution is -2.13. The van der Waals surface area contributed by atoms with E-state index in [2.05, 4.69) is 15.4 Å². The highest BCUT2D eigenvalue weighted by molar-refractivity contribution is 5.53. The monoisotopic (exact) mass is 322 g/mol. The van der Waals surface area contributed by atoms with Crippen LogP contribution in [0.2, 0.25) is 0 Å². The molecule has 3 aromatic rings. The summed E-state index contributed by atoms with van der Waals surface area (Å²) in [6, 6.07) is 10.6. The molecule has 0 fully saturated rings. The largest absolute Gasteiger partial charge is 0.416 e. The topological polar surface area (TPSA) is 43.6 Å². The minimum atomic E-state index is -4.45. The standard InChI is InChI=1S/C15H10F4N4/c16-12-7-5-10(6-8-12)14-20-22-23(21-14)9-11-3-1-2-4-13(11)15(17,18)19/h1-8H,9H2. The van der Waals surface area contributed by atoms with Gasteiger partial charge in [-0.15, -0.1) is 10.2 Å². The normalized spacial score (nSPS) is 11.7. The van der Waals surface area contributed by atoms with Gasteiger partial charge in [0.25, 0.3) is 0 Å². The molecule has 0 saturated heterocycles. The number of nitrogens with zero attached hydrogens (tertiary/aromatic N) is 4. The predicted molar refractivity (Wildman–Crippen MR) is 73.8 cm³/mol. The molecule has 3 rings (SSSR count). The number of aromatic nitrogens is 4. The summed E-state index contributed by atoms with van der Waals surface area (Å²) in [6.07, 6.45) is -4.45. The molecule has 0 aliphatic carbocycles. The van der Waals surface area contributed by atoms with Crippen molar-refractivity contribution < 1.29 is 17.6 Å². The van der Waals surface area contributed by atoms with Crippen LogP contribution < -0.4 is 0 Å². The summed E-state index contributed by atoms with van der Waals surface area (Å²) in [5.41, 5.74) is -0.162. The molecule has 0 saturated carbocycles. The van der Waals surface area contributed by atoms with Crippen LogP contribution >= 0.6 is 0 Å². The van der Waals surface area contributed by atoms with Gasteiger partial charge in [0.15, 0.2) is 0 Å². The lowest BCUT2D eigenvalue weighted by molar-refractivity contribution is -0.138. The third-order valence-electron chi connectivity index (χ3n) is 3.19. The first kappa shape index (κ1) is 15.1. The molecule has 0 aliphatic heterocycles. The maximum Gasteiger partial charge on any atom is 0.416 e. The molecule has 0 radical (unpaired) electrons. The number of rotatable bonds is 3. The van der Waals surface area contributed by atoms with Gasteiger partial charge >= 0.3 is 6.18 Å². The molecule has 4 nitrogen and oxygen atoms in total. The second kappa shape index (κ2) is 5.79. The number of alkyl halides is 3. The van der Waals surface area contributed by atoms with Crippen molar-refractivity contribution in [3.63, 3.8) is 0 Å². The van der Waals surface area contributed by atoms with Crippen LogP contribution in [0.15, 0.2) is 48.5 Å². The lowest BCUT2D eigenvalue weighted by atomic mass is 10.1. The van der Waals surface area contributed by atoms with Gasteiger partial charge < -0.3 is 0 Å². The molecule has 0 atom stereocenters. The van der Waals surface area contributed by atoms with Gasteiger partial charge in [0, 0.05) is 5.56 Å². The Hall–Kier alpha value is -2.77. The predicted octanol–water partition coefficient (Wildman–Crippen LogP) is 3.55. The molecule has 2 aromatic carbocycles. The van der Waals surface area contributed by atoms with Gasteiger partial charge in [0.1, 0.15) is 5.82 Å². The van der Waals surface area contributed by atoms with Gasteiger partial charge in [0.2, 0.25) is 5.82 Å². The minimum Gasteiger partial charge on any atom is -0.207 e. The fraction of sp³-hybridized carbons (Fsp3) is 0.133. The quantitative estimate of drug-likeness (QED) is 0.693. The van der Waals surface area contributed by atoms with Crippen LogP contribution in [0.4, 0.5) is 17.6 Å². The fourth-order valence-corrected chi connectivity index (χ4v) is 2.11. The Labute approximate surface area is 128 Å². The zero-order valence-corrected chi connectivity index (χ0v) is 11.6.